The van der Waals surface area contributed by atoms with Gasteiger partial charge in [-0.3, -0.25) is 41.6 Å². The number of ether oxygens (including phenoxy) is 4. The normalized spacial score (nSPS) is 31.0. The van der Waals surface area contributed by atoms with Crippen LogP contribution in [-0.4, -0.2) is 180 Å². The van der Waals surface area contributed by atoms with Gasteiger partial charge >= 0.3 is 31.3 Å². The molecule has 15 N–H and O–H groups in total. The Morgan fingerprint density at radius 2 is 1.01 bits per heavy atom. The van der Waals surface area contributed by atoms with Crippen molar-refractivity contribution in [3.8, 4) is 0 Å². The van der Waals surface area contributed by atoms with Crippen LogP contribution in [-0.2, 0) is 63.9 Å². The fourth-order valence-corrected chi connectivity index (χ4v) is 12.4. The van der Waals surface area contributed by atoms with Gasteiger partial charge in [-0.15, -0.1) is 0 Å². The first kappa shape index (κ1) is 52.9. The Bertz CT molecular complexity index is 3290. The summed E-state index contributed by atoms with van der Waals surface area (Å²) in [6.07, 6.45) is -14.4. The standard InChI is InChI=1S/C31H41N15O23P4/c1-60-21-20(67-70(52,53)61-2-10-16(47)19(50)29(65-10)46-9-41-15-26(46)42-31(34)43-27(15)51)12(66-30(21)45-8-40-14-23(33)36-6-38-25(14)45)4-63-72(56,57)69-73(58,59)68-71(54,55)62-3-11-17(48)18(49)28(64-11)44-7-39-13-22(32)35-5-37-24(13)44/h5-12,16-21,28-30,47-50H,2-4H2,1H3,(H,52,53)(H,54,55)(H,56,57)(H,58,59)(H2,32,35,37)(H2,33,36,38)(H3,34,42,43,51). The van der Waals surface area contributed by atoms with Crippen LogP contribution < -0.4 is 22.8 Å². The van der Waals surface area contributed by atoms with Gasteiger partial charge < -0.3 is 76.1 Å². The summed E-state index contributed by atoms with van der Waals surface area (Å²) in [7, 11) is -22.3. The molecule has 3 aliphatic rings. The number of nitrogen functional groups attached to an aromatic ring is 3. The van der Waals surface area contributed by atoms with Crippen LogP contribution in [0.1, 0.15) is 18.7 Å². The number of nitrogens with zero attached hydrogens (tertiary/aromatic N) is 11. The van der Waals surface area contributed by atoms with E-state index < -0.39 is 130 Å². The average Bonchev–Trinajstić information content (AvgIpc) is 4.17. The first-order valence-electron chi connectivity index (χ1n) is 20.5. The lowest BCUT2D eigenvalue weighted by Gasteiger charge is -2.26. The van der Waals surface area contributed by atoms with Crippen molar-refractivity contribution in [2.45, 2.75) is 73.6 Å². The Morgan fingerprint density at radius 1 is 0.575 bits per heavy atom. The molecule has 6 aromatic heterocycles. The molecule has 42 heteroatoms. The molecular weight excluding hydrogens is 1070 g/mol. The van der Waals surface area contributed by atoms with Crippen LogP contribution in [0.2, 0.25) is 0 Å². The number of rotatable bonds is 19. The number of aliphatic hydroxyl groups excluding tert-OH is 4. The van der Waals surface area contributed by atoms with Gasteiger partial charge in [-0.05, 0) is 0 Å². The maximum atomic E-state index is 13.7. The fourth-order valence-electron chi connectivity index (χ4n) is 7.89. The Hall–Kier alpha value is -4.95. The highest BCUT2D eigenvalue weighted by Gasteiger charge is 2.53. The number of aromatic nitrogens is 12. The highest BCUT2D eigenvalue weighted by molar-refractivity contribution is 7.66. The van der Waals surface area contributed by atoms with Crippen LogP contribution in [0.15, 0.2) is 36.4 Å². The number of nitrogens with one attached hydrogen (secondary N) is 1. The first-order chi connectivity index (χ1) is 34.4. The third-order valence-corrected chi connectivity index (χ3v) is 16.4. The van der Waals surface area contributed by atoms with Crippen LogP contribution in [0.5, 0.6) is 0 Å². The number of imidazole rings is 3. The summed E-state index contributed by atoms with van der Waals surface area (Å²) in [4.78, 5) is 88.5. The predicted octanol–water partition coefficient (Wildman–Crippen LogP) is -3.43. The molecule has 6 aromatic rings. The van der Waals surface area contributed by atoms with E-state index in [9.17, 15) is 63.1 Å². The largest absolute Gasteiger partial charge is 0.490 e. The Morgan fingerprint density at radius 3 is 1.52 bits per heavy atom. The molecule has 3 saturated heterocycles. The van der Waals surface area contributed by atoms with E-state index in [1.165, 1.54) is 9.13 Å². The van der Waals surface area contributed by atoms with E-state index in [1.54, 1.807) is 0 Å². The molecule has 0 aliphatic carbocycles. The second kappa shape index (κ2) is 20.0. The van der Waals surface area contributed by atoms with Crippen LogP contribution in [0.3, 0.4) is 0 Å². The number of aliphatic hydroxyl groups is 4. The second-order valence-electron chi connectivity index (χ2n) is 15.8. The van der Waals surface area contributed by atoms with E-state index in [1.807, 2.05) is 0 Å². The van der Waals surface area contributed by atoms with E-state index in [4.69, 9.17) is 49.7 Å². The number of anilines is 3. The molecule has 9 rings (SSSR count). The van der Waals surface area contributed by atoms with Crippen LogP contribution in [0, 0.1) is 0 Å². The summed E-state index contributed by atoms with van der Waals surface area (Å²) in [6.45, 7) is -3.34. The Balaban J connectivity index is 0.860. The van der Waals surface area contributed by atoms with Gasteiger partial charge in [0.2, 0.25) is 5.95 Å². The van der Waals surface area contributed by atoms with Crippen molar-refractivity contribution in [3.63, 3.8) is 0 Å². The summed E-state index contributed by atoms with van der Waals surface area (Å²) < 4.78 is 107. The summed E-state index contributed by atoms with van der Waals surface area (Å²) in [5.41, 5.74) is 16.5. The zero-order chi connectivity index (χ0) is 52.5. The van der Waals surface area contributed by atoms with E-state index in [2.05, 4.69) is 58.0 Å². The fraction of sp³-hybridized carbons (Fsp3) is 0.516. The van der Waals surface area contributed by atoms with Gasteiger partial charge in [0.25, 0.3) is 5.56 Å². The molecule has 0 bridgehead atoms. The van der Waals surface area contributed by atoms with Gasteiger partial charge in [0, 0.05) is 7.11 Å². The molecule has 3 aliphatic heterocycles. The maximum Gasteiger partial charge on any atom is 0.490 e. The minimum Gasteiger partial charge on any atom is -0.387 e. The number of methoxy groups -OCH3 is 1. The van der Waals surface area contributed by atoms with Crippen LogP contribution >= 0.6 is 31.3 Å². The maximum absolute atomic E-state index is 13.7. The molecule has 0 amide bonds. The number of H-pyrrole nitrogens is 1. The van der Waals surface area contributed by atoms with Crippen molar-refractivity contribution in [1.29, 1.82) is 0 Å². The minimum atomic E-state index is -6.17. The van der Waals surface area contributed by atoms with E-state index in [-0.39, 0.29) is 51.1 Å². The zero-order valence-electron chi connectivity index (χ0n) is 36.6. The smallest absolute Gasteiger partial charge is 0.387 e. The number of hydrogen-bond acceptors (Lipinski definition) is 30. The van der Waals surface area contributed by atoms with Crippen LogP contribution in [0.25, 0.3) is 33.5 Å². The molecule has 73 heavy (non-hydrogen) atoms. The average molecular weight is 1120 g/mol. The van der Waals surface area contributed by atoms with Gasteiger partial charge in [0.15, 0.2) is 52.8 Å². The molecule has 3 fully saturated rings. The number of aromatic amines is 1. The molecule has 9 heterocycles. The Kier molecular flexibility index (Phi) is 14.5. The lowest BCUT2D eigenvalue weighted by atomic mass is 10.1. The first-order valence-corrected chi connectivity index (χ1v) is 26.5. The minimum absolute atomic E-state index is 0.0135. The number of phosphoric ester groups is 3. The Labute approximate surface area is 404 Å². The monoisotopic (exact) mass is 1120 g/mol. The SMILES string of the molecule is COC1C(OP(=O)(O)OCC2OC(n3cnc4c(=O)[nH]c(N)nc43)C(O)C2O)C(COP(=O)(O)OP(=O)(O)OP(=O)(O)OCC2OC(n3cnc4c(N)ncnc43)C(O)C2O)OC1n1cnc2c(N)ncnc21. The quantitative estimate of drug-likeness (QED) is 0.0351. The van der Waals surface area contributed by atoms with Crippen molar-refractivity contribution in [2.75, 3.05) is 44.1 Å². The van der Waals surface area contributed by atoms with Gasteiger partial charge in [-0.1, -0.05) is 0 Å². The highest BCUT2D eigenvalue weighted by Crippen LogP contribution is 2.68. The van der Waals surface area contributed by atoms with Gasteiger partial charge in [0.05, 0.1) is 38.8 Å². The third kappa shape index (κ3) is 10.7. The molecule has 38 nitrogen and oxygen atoms in total. The number of nitrogens with two attached hydrogens (primary N) is 3. The predicted molar refractivity (Wildman–Crippen MR) is 233 cm³/mol. The van der Waals surface area contributed by atoms with E-state index >= 15 is 0 Å². The van der Waals surface area contributed by atoms with Gasteiger partial charge in [0.1, 0.15) is 78.6 Å². The summed E-state index contributed by atoms with van der Waals surface area (Å²) >= 11 is 0. The third-order valence-electron chi connectivity index (χ3n) is 11.2. The topological polar surface area (TPSA) is 551 Å². The lowest BCUT2D eigenvalue weighted by molar-refractivity contribution is -0.0581. The zero-order valence-corrected chi connectivity index (χ0v) is 40.2. The molecule has 16 unspecified atom stereocenters. The van der Waals surface area contributed by atoms with Crippen molar-refractivity contribution in [1.82, 2.24) is 58.6 Å². The second-order valence-corrected chi connectivity index (χ2v) is 21.8. The van der Waals surface area contributed by atoms with Crippen LogP contribution in [0.4, 0.5) is 17.6 Å². The molecular formula is C31H41N15O23P4. The molecule has 0 radical (unpaired) electrons. The highest BCUT2D eigenvalue weighted by atomic mass is 31.3. The molecule has 16 atom stereocenters. The number of fused-ring (bicyclic) bond motifs is 3. The van der Waals surface area contributed by atoms with Gasteiger partial charge in [-0.25, -0.2) is 53.1 Å². The van der Waals surface area contributed by atoms with Crippen molar-refractivity contribution < 1.29 is 104 Å². The molecule has 0 aromatic carbocycles. The van der Waals surface area contributed by atoms with Crippen molar-refractivity contribution in [2.24, 2.45) is 0 Å². The van der Waals surface area contributed by atoms with E-state index in [0.29, 0.717) is 0 Å². The molecule has 398 valence electrons. The number of phosphoric acid groups is 4. The lowest BCUT2D eigenvalue weighted by Crippen LogP contribution is -2.38. The van der Waals surface area contributed by atoms with E-state index in [0.717, 1.165) is 43.3 Å². The molecule has 0 saturated carbocycles. The summed E-state index contributed by atoms with van der Waals surface area (Å²) in [6, 6.07) is 0. The van der Waals surface area contributed by atoms with Crippen molar-refractivity contribution >= 4 is 82.4 Å². The molecule has 0 spiro atoms. The van der Waals surface area contributed by atoms with Crippen molar-refractivity contribution in [3.05, 3.63) is 42.0 Å². The number of hydrogen-bond donors (Lipinski definition) is 12. The summed E-state index contributed by atoms with van der Waals surface area (Å²) in [5, 5.41) is 43.0. The van der Waals surface area contributed by atoms with Gasteiger partial charge in [-0.2, -0.15) is 13.6 Å². The summed E-state index contributed by atoms with van der Waals surface area (Å²) in [5.74, 6) is -0.417.